The van der Waals surface area contributed by atoms with E-state index in [1.165, 1.54) is 6.08 Å². The van der Waals surface area contributed by atoms with Crippen LogP contribution in [0, 0.1) is 17.6 Å². The van der Waals surface area contributed by atoms with E-state index >= 15 is 0 Å². The van der Waals surface area contributed by atoms with E-state index in [9.17, 15) is 13.6 Å². The van der Waals surface area contributed by atoms with Crippen LogP contribution in [0.15, 0.2) is 23.8 Å². The summed E-state index contributed by atoms with van der Waals surface area (Å²) < 4.78 is 26.0. The second-order valence-electron chi connectivity index (χ2n) is 3.58. The van der Waals surface area contributed by atoms with Gasteiger partial charge in [0.25, 0.3) is 0 Å². The summed E-state index contributed by atoms with van der Waals surface area (Å²) in [6, 6.07) is 3.16. The Morgan fingerprint density at radius 3 is 2.53 bits per heavy atom. The maximum absolute atomic E-state index is 13.2. The molecule has 0 radical (unpaired) electrons. The molecule has 0 aliphatic rings. The van der Waals surface area contributed by atoms with Crippen molar-refractivity contribution in [2.75, 3.05) is 0 Å². The third-order valence-electron chi connectivity index (χ3n) is 2.08. The lowest BCUT2D eigenvalue weighted by atomic mass is 10.0. The normalized spacial score (nSPS) is 11.9. The van der Waals surface area contributed by atoms with Gasteiger partial charge in [0.1, 0.15) is 17.9 Å². The summed E-state index contributed by atoms with van der Waals surface area (Å²) in [4.78, 5) is 10.7. The first-order chi connectivity index (χ1) is 7.04. The topological polar surface area (TPSA) is 17.1 Å². The summed E-state index contributed by atoms with van der Waals surface area (Å²) in [5.41, 5.74) is 0.547. The van der Waals surface area contributed by atoms with Crippen LogP contribution in [0.4, 0.5) is 8.78 Å². The SMILES string of the molecule is CC(C)C(C=O)=Cc1cc(F)ccc1F. The van der Waals surface area contributed by atoms with E-state index in [0.717, 1.165) is 18.2 Å². The lowest BCUT2D eigenvalue weighted by Gasteiger charge is -2.04. The minimum atomic E-state index is -0.531. The fourth-order valence-corrected chi connectivity index (χ4v) is 1.14. The number of benzene rings is 1. The van der Waals surface area contributed by atoms with Crippen molar-refractivity contribution >= 4 is 12.4 Å². The highest BCUT2D eigenvalue weighted by Gasteiger charge is 2.05. The van der Waals surface area contributed by atoms with Crippen LogP contribution in [-0.4, -0.2) is 6.29 Å². The Labute approximate surface area is 87.4 Å². The smallest absolute Gasteiger partial charge is 0.146 e. The van der Waals surface area contributed by atoms with Crippen LogP contribution in [0.2, 0.25) is 0 Å². The maximum atomic E-state index is 13.2. The first-order valence-corrected chi connectivity index (χ1v) is 4.66. The van der Waals surface area contributed by atoms with Crippen LogP contribution in [0.3, 0.4) is 0 Å². The number of carbonyl (C=O) groups is 1. The fraction of sp³-hybridized carbons (Fsp3) is 0.250. The van der Waals surface area contributed by atoms with Gasteiger partial charge in [0.05, 0.1) is 0 Å². The molecule has 1 aromatic carbocycles. The minimum Gasteiger partial charge on any atom is -0.298 e. The highest BCUT2D eigenvalue weighted by molar-refractivity contribution is 5.82. The van der Waals surface area contributed by atoms with Crippen LogP contribution in [0.25, 0.3) is 6.08 Å². The molecule has 0 atom stereocenters. The van der Waals surface area contributed by atoms with Crippen LogP contribution in [-0.2, 0) is 4.79 Å². The van der Waals surface area contributed by atoms with Gasteiger partial charge in [0, 0.05) is 5.56 Å². The maximum Gasteiger partial charge on any atom is 0.146 e. The van der Waals surface area contributed by atoms with Gasteiger partial charge in [-0.15, -0.1) is 0 Å². The number of allylic oxidation sites excluding steroid dienone is 1. The largest absolute Gasteiger partial charge is 0.298 e. The number of aldehydes is 1. The number of hydrogen-bond acceptors (Lipinski definition) is 1. The fourth-order valence-electron chi connectivity index (χ4n) is 1.14. The third-order valence-corrected chi connectivity index (χ3v) is 2.08. The molecule has 0 bridgehead atoms. The van der Waals surface area contributed by atoms with Gasteiger partial charge >= 0.3 is 0 Å². The molecule has 3 heteroatoms. The van der Waals surface area contributed by atoms with Gasteiger partial charge in [-0.3, -0.25) is 4.79 Å². The number of carbonyl (C=O) groups excluding carboxylic acids is 1. The van der Waals surface area contributed by atoms with Crippen molar-refractivity contribution in [3.63, 3.8) is 0 Å². The zero-order chi connectivity index (χ0) is 11.4. The van der Waals surface area contributed by atoms with E-state index in [2.05, 4.69) is 0 Å². The molecule has 80 valence electrons. The zero-order valence-electron chi connectivity index (χ0n) is 8.63. The molecule has 1 rings (SSSR count). The summed E-state index contributed by atoms with van der Waals surface area (Å²) in [5.74, 6) is -1.06. The number of hydrogen-bond donors (Lipinski definition) is 0. The molecule has 1 aromatic rings. The Morgan fingerprint density at radius 1 is 1.33 bits per heavy atom. The van der Waals surface area contributed by atoms with Crippen LogP contribution >= 0.6 is 0 Å². The molecule has 0 amide bonds. The number of halogens is 2. The molecule has 0 unspecified atom stereocenters. The monoisotopic (exact) mass is 210 g/mol. The molecule has 0 N–H and O–H groups in total. The predicted octanol–water partition coefficient (Wildman–Crippen LogP) is 3.20. The molecule has 0 aliphatic carbocycles. The molecule has 0 fully saturated rings. The van der Waals surface area contributed by atoms with E-state index in [1.807, 2.05) is 13.8 Å². The van der Waals surface area contributed by atoms with E-state index in [4.69, 9.17) is 0 Å². The molecule has 0 aliphatic heterocycles. The van der Waals surface area contributed by atoms with Crippen molar-refractivity contribution in [3.8, 4) is 0 Å². The standard InChI is InChI=1S/C12H12F2O/c1-8(2)10(7-15)5-9-6-11(13)3-4-12(9)14/h3-8H,1-2H3. The summed E-state index contributed by atoms with van der Waals surface area (Å²) in [5, 5.41) is 0. The van der Waals surface area contributed by atoms with Gasteiger partial charge in [0.15, 0.2) is 0 Å². The van der Waals surface area contributed by atoms with E-state index in [0.29, 0.717) is 11.9 Å². The predicted molar refractivity (Wildman–Crippen MR) is 55.2 cm³/mol. The van der Waals surface area contributed by atoms with Crippen molar-refractivity contribution in [3.05, 3.63) is 41.0 Å². The lowest BCUT2D eigenvalue weighted by molar-refractivity contribution is -0.105. The first kappa shape index (κ1) is 11.6. The second kappa shape index (κ2) is 4.82. The van der Waals surface area contributed by atoms with E-state index in [1.54, 1.807) is 0 Å². The Kier molecular flexibility index (Phi) is 3.72. The number of rotatable bonds is 3. The van der Waals surface area contributed by atoms with Gasteiger partial charge in [-0.1, -0.05) is 13.8 Å². The van der Waals surface area contributed by atoms with Crippen molar-refractivity contribution in [2.45, 2.75) is 13.8 Å². The van der Waals surface area contributed by atoms with Crippen LogP contribution < -0.4 is 0 Å². The summed E-state index contributed by atoms with van der Waals surface area (Å²) in [6.07, 6.45) is 2.03. The first-order valence-electron chi connectivity index (χ1n) is 4.66. The molecule has 0 spiro atoms. The Hall–Kier alpha value is -1.51. The van der Waals surface area contributed by atoms with Crippen molar-refractivity contribution in [1.29, 1.82) is 0 Å². The Bertz CT molecular complexity index is 395. The van der Waals surface area contributed by atoms with Gasteiger partial charge in [0.2, 0.25) is 0 Å². The molecule has 1 nitrogen and oxygen atoms in total. The van der Waals surface area contributed by atoms with Crippen molar-refractivity contribution in [2.24, 2.45) is 5.92 Å². The Balaban J connectivity index is 3.16. The average molecular weight is 210 g/mol. The summed E-state index contributed by atoms with van der Waals surface area (Å²) in [6.45, 7) is 3.63. The molecule has 15 heavy (non-hydrogen) atoms. The molecular formula is C12H12F2O. The molecule has 0 saturated heterocycles. The highest BCUT2D eigenvalue weighted by Crippen LogP contribution is 2.16. The zero-order valence-corrected chi connectivity index (χ0v) is 8.63. The van der Waals surface area contributed by atoms with Gasteiger partial charge in [-0.05, 0) is 35.8 Å². The molecule has 0 saturated carbocycles. The van der Waals surface area contributed by atoms with E-state index in [-0.39, 0.29) is 11.5 Å². The van der Waals surface area contributed by atoms with Crippen LogP contribution in [0.5, 0.6) is 0 Å². The highest BCUT2D eigenvalue weighted by atomic mass is 19.1. The average Bonchev–Trinajstić information content (AvgIpc) is 2.18. The third kappa shape index (κ3) is 2.98. The van der Waals surface area contributed by atoms with Crippen molar-refractivity contribution < 1.29 is 13.6 Å². The van der Waals surface area contributed by atoms with Gasteiger partial charge in [-0.2, -0.15) is 0 Å². The molecule has 0 aromatic heterocycles. The van der Waals surface area contributed by atoms with Crippen LogP contribution in [0.1, 0.15) is 19.4 Å². The minimum absolute atomic E-state index is 0.00910. The quantitative estimate of drug-likeness (QED) is 0.553. The second-order valence-corrected chi connectivity index (χ2v) is 3.58. The Morgan fingerprint density at radius 2 is 2.00 bits per heavy atom. The van der Waals surface area contributed by atoms with Crippen molar-refractivity contribution in [1.82, 2.24) is 0 Å². The van der Waals surface area contributed by atoms with E-state index < -0.39 is 11.6 Å². The lowest BCUT2D eigenvalue weighted by Crippen LogP contribution is -1.96. The van der Waals surface area contributed by atoms with Gasteiger partial charge in [-0.25, -0.2) is 8.78 Å². The van der Waals surface area contributed by atoms with Gasteiger partial charge < -0.3 is 0 Å². The summed E-state index contributed by atoms with van der Waals surface area (Å²) >= 11 is 0. The summed E-state index contributed by atoms with van der Waals surface area (Å²) in [7, 11) is 0. The molecule has 0 heterocycles. The molecular weight excluding hydrogens is 198 g/mol.